The van der Waals surface area contributed by atoms with E-state index in [9.17, 15) is 4.39 Å². The summed E-state index contributed by atoms with van der Waals surface area (Å²) in [5.41, 5.74) is 1.50. The summed E-state index contributed by atoms with van der Waals surface area (Å²) in [6, 6.07) is 4.63. The van der Waals surface area contributed by atoms with Gasteiger partial charge in [-0.05, 0) is 18.6 Å². The molecule has 0 saturated heterocycles. The minimum absolute atomic E-state index is 0.0474. The highest BCUT2D eigenvalue weighted by Gasteiger charge is 2.09. The fourth-order valence-electron chi connectivity index (χ4n) is 1.69. The Balaban J connectivity index is 2.16. The van der Waals surface area contributed by atoms with Crippen LogP contribution < -0.4 is 0 Å². The van der Waals surface area contributed by atoms with E-state index in [-0.39, 0.29) is 11.2 Å². The van der Waals surface area contributed by atoms with Crippen LogP contribution in [0.1, 0.15) is 29.8 Å². The molecular formula is C13H13Cl2FN2. The third-order valence-corrected chi connectivity index (χ3v) is 3.52. The first-order chi connectivity index (χ1) is 8.60. The molecule has 5 heteroatoms. The quantitative estimate of drug-likeness (QED) is 0.761. The lowest BCUT2D eigenvalue weighted by atomic mass is 10.2. The molecule has 1 aromatic heterocycles. The summed E-state index contributed by atoms with van der Waals surface area (Å²) in [6.45, 7) is 2.38. The number of hydrogen-bond donors (Lipinski definition) is 0. The maximum absolute atomic E-state index is 13.6. The van der Waals surface area contributed by atoms with Gasteiger partial charge in [-0.3, -0.25) is 4.68 Å². The lowest BCUT2D eigenvalue weighted by Gasteiger charge is -2.04. The summed E-state index contributed by atoms with van der Waals surface area (Å²) in [5.74, 6) is -0.322. The van der Waals surface area contributed by atoms with Gasteiger partial charge in [0.2, 0.25) is 0 Å². The monoisotopic (exact) mass is 286 g/mol. The van der Waals surface area contributed by atoms with E-state index >= 15 is 0 Å². The minimum Gasteiger partial charge on any atom is -0.268 e. The van der Waals surface area contributed by atoms with Gasteiger partial charge in [0.05, 0.1) is 18.1 Å². The minimum atomic E-state index is -0.322. The second kappa shape index (κ2) is 5.72. The summed E-state index contributed by atoms with van der Waals surface area (Å²) >= 11 is 11.8. The van der Waals surface area contributed by atoms with Crippen molar-refractivity contribution < 1.29 is 4.39 Å². The molecule has 0 aliphatic heterocycles. The van der Waals surface area contributed by atoms with Gasteiger partial charge in [-0.15, -0.1) is 11.6 Å². The summed E-state index contributed by atoms with van der Waals surface area (Å²) in [7, 11) is 0. The predicted molar refractivity (Wildman–Crippen MR) is 71.6 cm³/mol. The lowest BCUT2D eigenvalue weighted by Crippen LogP contribution is -2.02. The Morgan fingerprint density at radius 3 is 2.89 bits per heavy atom. The molecule has 1 unspecified atom stereocenters. The van der Waals surface area contributed by atoms with Gasteiger partial charge < -0.3 is 0 Å². The number of benzene rings is 1. The second-order valence-corrected chi connectivity index (χ2v) is 5.05. The smallest absolute Gasteiger partial charge is 0.129 e. The Morgan fingerprint density at radius 1 is 1.44 bits per heavy atom. The summed E-state index contributed by atoms with van der Waals surface area (Å²) in [5, 5.41) is 4.52. The topological polar surface area (TPSA) is 17.8 Å². The Kier molecular flexibility index (Phi) is 4.25. The number of aromatic nitrogens is 2. The fourth-order valence-corrected chi connectivity index (χ4v) is 1.96. The highest BCUT2D eigenvalue weighted by molar-refractivity contribution is 6.30. The third-order valence-electron chi connectivity index (χ3n) is 2.72. The van der Waals surface area contributed by atoms with E-state index in [4.69, 9.17) is 23.2 Å². The molecule has 0 saturated carbocycles. The van der Waals surface area contributed by atoms with E-state index in [1.165, 1.54) is 6.07 Å². The first-order valence-electron chi connectivity index (χ1n) is 5.70. The molecule has 0 aliphatic rings. The zero-order valence-electron chi connectivity index (χ0n) is 9.91. The van der Waals surface area contributed by atoms with E-state index in [0.717, 1.165) is 12.0 Å². The third kappa shape index (κ3) is 3.03. The van der Waals surface area contributed by atoms with Gasteiger partial charge in [0.1, 0.15) is 5.82 Å². The van der Waals surface area contributed by atoms with Crippen molar-refractivity contribution in [1.82, 2.24) is 9.78 Å². The van der Waals surface area contributed by atoms with Crippen molar-refractivity contribution >= 4 is 23.2 Å². The SMILES string of the molecule is CCC(Cl)c1cnn(Cc2ccc(Cl)cc2F)c1. The molecule has 96 valence electrons. The van der Waals surface area contributed by atoms with E-state index in [1.54, 1.807) is 23.0 Å². The van der Waals surface area contributed by atoms with E-state index in [1.807, 2.05) is 13.1 Å². The van der Waals surface area contributed by atoms with Crippen LogP contribution in [0, 0.1) is 5.82 Å². The molecule has 0 N–H and O–H groups in total. The number of hydrogen-bond acceptors (Lipinski definition) is 1. The molecule has 0 aliphatic carbocycles. The molecule has 2 rings (SSSR count). The van der Waals surface area contributed by atoms with Crippen molar-refractivity contribution in [1.29, 1.82) is 0 Å². The molecule has 1 heterocycles. The lowest BCUT2D eigenvalue weighted by molar-refractivity contribution is 0.585. The number of rotatable bonds is 4. The van der Waals surface area contributed by atoms with Gasteiger partial charge in [0.15, 0.2) is 0 Å². The normalized spacial score (nSPS) is 12.7. The highest BCUT2D eigenvalue weighted by Crippen LogP contribution is 2.23. The largest absolute Gasteiger partial charge is 0.268 e. The van der Waals surface area contributed by atoms with Gasteiger partial charge >= 0.3 is 0 Å². The van der Waals surface area contributed by atoms with E-state index in [2.05, 4.69) is 5.10 Å². The molecule has 0 fully saturated rings. The van der Waals surface area contributed by atoms with Crippen LogP contribution in [0.3, 0.4) is 0 Å². The number of alkyl halides is 1. The van der Waals surface area contributed by atoms with Crippen LogP contribution >= 0.6 is 23.2 Å². The molecule has 0 radical (unpaired) electrons. The molecule has 1 atom stereocenters. The summed E-state index contributed by atoms with van der Waals surface area (Å²) < 4.78 is 15.3. The first-order valence-corrected chi connectivity index (χ1v) is 6.52. The maximum atomic E-state index is 13.6. The van der Waals surface area contributed by atoms with E-state index in [0.29, 0.717) is 17.1 Å². The maximum Gasteiger partial charge on any atom is 0.129 e. The summed E-state index contributed by atoms with van der Waals surface area (Å²) in [4.78, 5) is 0. The van der Waals surface area contributed by atoms with Crippen LogP contribution in [-0.4, -0.2) is 9.78 Å². The molecular weight excluding hydrogens is 274 g/mol. The van der Waals surface area contributed by atoms with Gasteiger partial charge in [-0.1, -0.05) is 24.6 Å². The van der Waals surface area contributed by atoms with Crippen LogP contribution in [0.5, 0.6) is 0 Å². The molecule has 2 nitrogen and oxygen atoms in total. The van der Waals surface area contributed by atoms with Crippen molar-refractivity contribution in [2.75, 3.05) is 0 Å². The van der Waals surface area contributed by atoms with Crippen molar-refractivity contribution in [2.45, 2.75) is 25.3 Å². The van der Waals surface area contributed by atoms with Crippen LogP contribution in [0.4, 0.5) is 4.39 Å². The second-order valence-electron chi connectivity index (χ2n) is 4.08. The van der Waals surface area contributed by atoms with Gasteiger partial charge in [-0.25, -0.2) is 4.39 Å². The predicted octanol–water partition coefficient (Wildman–Crippen LogP) is 4.41. The van der Waals surface area contributed by atoms with Crippen molar-refractivity contribution in [3.63, 3.8) is 0 Å². The first kappa shape index (κ1) is 13.4. The van der Waals surface area contributed by atoms with Crippen molar-refractivity contribution in [3.05, 3.63) is 52.6 Å². The zero-order chi connectivity index (χ0) is 13.1. The number of nitrogens with zero attached hydrogens (tertiary/aromatic N) is 2. The molecule has 1 aromatic carbocycles. The Labute approximate surface area is 115 Å². The van der Waals surface area contributed by atoms with Crippen LogP contribution in [0.15, 0.2) is 30.6 Å². The zero-order valence-corrected chi connectivity index (χ0v) is 11.4. The Hall–Kier alpha value is -1.06. The molecule has 18 heavy (non-hydrogen) atoms. The summed E-state index contributed by atoms with van der Waals surface area (Å²) in [6.07, 6.45) is 4.40. The average molecular weight is 287 g/mol. The van der Waals surface area contributed by atoms with Gasteiger partial charge in [0.25, 0.3) is 0 Å². The molecule has 2 aromatic rings. The number of halogens is 3. The van der Waals surface area contributed by atoms with Crippen molar-refractivity contribution in [2.24, 2.45) is 0 Å². The van der Waals surface area contributed by atoms with Crippen LogP contribution in [-0.2, 0) is 6.54 Å². The van der Waals surface area contributed by atoms with E-state index < -0.39 is 0 Å². The van der Waals surface area contributed by atoms with Crippen LogP contribution in [0.2, 0.25) is 5.02 Å². The standard InChI is InChI=1S/C13H13Cl2FN2/c1-2-12(15)10-6-17-18(8-10)7-9-3-4-11(14)5-13(9)16/h3-6,8,12H,2,7H2,1H3. The van der Waals surface area contributed by atoms with Crippen molar-refractivity contribution in [3.8, 4) is 0 Å². The highest BCUT2D eigenvalue weighted by atomic mass is 35.5. The van der Waals surface area contributed by atoms with Crippen LogP contribution in [0.25, 0.3) is 0 Å². The van der Waals surface area contributed by atoms with Gasteiger partial charge in [0, 0.05) is 22.3 Å². The fraction of sp³-hybridized carbons (Fsp3) is 0.308. The molecule has 0 bridgehead atoms. The Bertz CT molecular complexity index is 540. The Morgan fingerprint density at radius 2 is 2.22 bits per heavy atom. The molecule has 0 spiro atoms. The molecule has 0 amide bonds. The van der Waals surface area contributed by atoms with Gasteiger partial charge in [-0.2, -0.15) is 5.10 Å². The average Bonchev–Trinajstić information content (AvgIpc) is 2.80.